The highest BCUT2D eigenvalue weighted by molar-refractivity contribution is 4.87. The van der Waals surface area contributed by atoms with Crippen molar-refractivity contribution >= 4 is 0 Å². The molecule has 0 aliphatic heterocycles. The average Bonchev–Trinajstić information content (AvgIpc) is 2.63. The van der Waals surface area contributed by atoms with E-state index in [0.29, 0.717) is 13.2 Å². The Hall–Kier alpha value is -0.160. The van der Waals surface area contributed by atoms with E-state index in [1.165, 1.54) is 0 Å². The van der Waals surface area contributed by atoms with Gasteiger partial charge in [0, 0.05) is 26.2 Å². The van der Waals surface area contributed by atoms with Crippen molar-refractivity contribution in [1.29, 1.82) is 0 Å². The van der Waals surface area contributed by atoms with Crippen LogP contribution in [0.1, 0.15) is 32.6 Å². The quantitative estimate of drug-likeness (QED) is 0.672. The Morgan fingerprint density at radius 2 is 2.06 bits per heavy atom. The number of ether oxygens (including phenoxy) is 1. The number of rotatable bonds is 7. The van der Waals surface area contributed by atoms with Crippen LogP contribution in [0.5, 0.6) is 0 Å². The van der Waals surface area contributed by atoms with Crippen LogP contribution < -0.4 is 5.73 Å². The predicted molar refractivity (Wildman–Crippen MR) is 65.4 cm³/mol. The number of nitrogens with two attached hydrogens (primary N) is 1. The van der Waals surface area contributed by atoms with Crippen LogP contribution in [0.2, 0.25) is 0 Å². The lowest BCUT2D eigenvalue weighted by molar-refractivity contribution is -0.00702. The molecule has 0 aromatic heterocycles. The van der Waals surface area contributed by atoms with Crippen molar-refractivity contribution < 1.29 is 9.84 Å². The Labute approximate surface area is 98.8 Å². The van der Waals surface area contributed by atoms with E-state index in [-0.39, 0.29) is 6.10 Å². The van der Waals surface area contributed by atoms with E-state index in [2.05, 4.69) is 4.90 Å². The van der Waals surface area contributed by atoms with E-state index in [1.54, 1.807) is 0 Å². The fraction of sp³-hybridized carbons (Fsp3) is 1.00. The summed E-state index contributed by atoms with van der Waals surface area (Å²) in [6.45, 7) is 4.74. The summed E-state index contributed by atoms with van der Waals surface area (Å²) in [5.74, 6) is 0. The molecule has 1 aliphatic carbocycles. The maximum Gasteiger partial charge on any atom is 0.0823 e. The zero-order chi connectivity index (χ0) is 12.0. The van der Waals surface area contributed by atoms with Crippen LogP contribution in [-0.2, 0) is 4.74 Å². The molecule has 0 heterocycles. The first-order valence-corrected chi connectivity index (χ1v) is 6.32. The molecule has 16 heavy (non-hydrogen) atoms. The number of hydrogen-bond acceptors (Lipinski definition) is 4. The summed E-state index contributed by atoms with van der Waals surface area (Å²) in [4.78, 5) is 2.14. The molecule has 96 valence electrons. The minimum Gasteiger partial charge on any atom is -0.389 e. The smallest absolute Gasteiger partial charge is 0.0823 e. The molecule has 3 N–H and O–H groups in total. The molecule has 1 rings (SSSR count). The molecule has 0 radical (unpaired) electrons. The molecule has 4 heteroatoms. The van der Waals surface area contributed by atoms with Crippen molar-refractivity contribution in [2.75, 3.05) is 33.3 Å². The number of aliphatic hydroxyl groups is 1. The maximum absolute atomic E-state index is 10.3. The van der Waals surface area contributed by atoms with Gasteiger partial charge in [0.05, 0.1) is 11.7 Å². The first-order valence-electron chi connectivity index (χ1n) is 6.32. The van der Waals surface area contributed by atoms with Gasteiger partial charge in [-0.05, 0) is 26.8 Å². The molecule has 0 aromatic rings. The van der Waals surface area contributed by atoms with Gasteiger partial charge in [-0.2, -0.15) is 0 Å². The minimum atomic E-state index is -0.472. The fourth-order valence-corrected chi connectivity index (χ4v) is 2.54. The summed E-state index contributed by atoms with van der Waals surface area (Å²) in [6.07, 6.45) is 4.24. The first kappa shape index (κ1) is 13.9. The summed E-state index contributed by atoms with van der Waals surface area (Å²) in [5, 5.41) is 10.3. The molecule has 1 unspecified atom stereocenters. The van der Waals surface area contributed by atoms with Crippen LogP contribution in [0.3, 0.4) is 0 Å². The van der Waals surface area contributed by atoms with Gasteiger partial charge in [0.2, 0.25) is 0 Å². The topological polar surface area (TPSA) is 58.7 Å². The van der Waals surface area contributed by atoms with Gasteiger partial charge in [0.15, 0.2) is 0 Å². The summed E-state index contributed by atoms with van der Waals surface area (Å²) in [7, 11) is 2.03. The first-order chi connectivity index (χ1) is 7.59. The standard InChI is InChI=1S/C12H26N2O2/c1-3-16-11(8-13)9-14(2)10-12(15)6-4-5-7-12/h11,15H,3-10,13H2,1-2H3. The second-order valence-electron chi connectivity index (χ2n) is 4.94. The van der Waals surface area contributed by atoms with E-state index in [1.807, 2.05) is 14.0 Å². The van der Waals surface area contributed by atoms with Crippen LogP contribution in [0.25, 0.3) is 0 Å². The van der Waals surface area contributed by atoms with Gasteiger partial charge in [-0.3, -0.25) is 0 Å². The highest BCUT2D eigenvalue weighted by Gasteiger charge is 2.32. The normalized spacial score (nSPS) is 21.6. The molecule has 0 aromatic carbocycles. The lowest BCUT2D eigenvalue weighted by atomic mass is 10.0. The monoisotopic (exact) mass is 230 g/mol. The van der Waals surface area contributed by atoms with Gasteiger partial charge in [0.25, 0.3) is 0 Å². The van der Waals surface area contributed by atoms with Crippen LogP contribution >= 0.6 is 0 Å². The zero-order valence-electron chi connectivity index (χ0n) is 10.6. The molecule has 0 spiro atoms. The molecule has 1 saturated carbocycles. The predicted octanol–water partition coefficient (Wildman–Crippen LogP) is 0.587. The largest absolute Gasteiger partial charge is 0.389 e. The molecule has 4 nitrogen and oxygen atoms in total. The Bertz CT molecular complexity index is 193. The van der Waals surface area contributed by atoms with Gasteiger partial charge in [0.1, 0.15) is 0 Å². The molecule has 0 amide bonds. The fourth-order valence-electron chi connectivity index (χ4n) is 2.54. The van der Waals surface area contributed by atoms with Crippen LogP contribution in [0, 0.1) is 0 Å². The molecular weight excluding hydrogens is 204 g/mol. The lowest BCUT2D eigenvalue weighted by Crippen LogP contribution is -2.44. The van der Waals surface area contributed by atoms with E-state index in [0.717, 1.165) is 38.8 Å². The van der Waals surface area contributed by atoms with E-state index < -0.39 is 5.60 Å². The molecule has 1 fully saturated rings. The molecule has 0 saturated heterocycles. The zero-order valence-corrected chi connectivity index (χ0v) is 10.6. The number of nitrogens with zero attached hydrogens (tertiary/aromatic N) is 1. The third-order valence-electron chi connectivity index (χ3n) is 3.28. The maximum atomic E-state index is 10.3. The Morgan fingerprint density at radius 3 is 2.56 bits per heavy atom. The van der Waals surface area contributed by atoms with Gasteiger partial charge >= 0.3 is 0 Å². The third-order valence-corrected chi connectivity index (χ3v) is 3.28. The van der Waals surface area contributed by atoms with E-state index in [4.69, 9.17) is 10.5 Å². The lowest BCUT2D eigenvalue weighted by Gasteiger charge is -2.30. The van der Waals surface area contributed by atoms with Crippen molar-refractivity contribution in [3.05, 3.63) is 0 Å². The van der Waals surface area contributed by atoms with Crippen molar-refractivity contribution in [2.45, 2.75) is 44.3 Å². The molecular formula is C12H26N2O2. The van der Waals surface area contributed by atoms with Crippen molar-refractivity contribution in [3.8, 4) is 0 Å². The summed E-state index contributed by atoms with van der Waals surface area (Å²) >= 11 is 0. The van der Waals surface area contributed by atoms with Crippen molar-refractivity contribution in [3.63, 3.8) is 0 Å². The highest BCUT2D eigenvalue weighted by Crippen LogP contribution is 2.29. The van der Waals surface area contributed by atoms with E-state index >= 15 is 0 Å². The summed E-state index contributed by atoms with van der Waals surface area (Å²) < 4.78 is 5.51. The second kappa shape index (κ2) is 6.55. The third kappa shape index (κ3) is 4.37. The van der Waals surface area contributed by atoms with Crippen LogP contribution in [0.4, 0.5) is 0 Å². The minimum absolute atomic E-state index is 0.0833. The second-order valence-corrected chi connectivity index (χ2v) is 4.94. The van der Waals surface area contributed by atoms with Crippen molar-refractivity contribution in [1.82, 2.24) is 4.90 Å². The SMILES string of the molecule is CCOC(CN)CN(C)CC1(O)CCCC1. The Balaban J connectivity index is 2.30. The van der Waals surface area contributed by atoms with Gasteiger partial charge in [-0.1, -0.05) is 12.8 Å². The molecule has 1 atom stereocenters. The Morgan fingerprint density at radius 1 is 1.44 bits per heavy atom. The van der Waals surface area contributed by atoms with Gasteiger partial charge in [-0.25, -0.2) is 0 Å². The number of hydrogen-bond donors (Lipinski definition) is 2. The highest BCUT2D eigenvalue weighted by atomic mass is 16.5. The van der Waals surface area contributed by atoms with Gasteiger partial charge in [-0.15, -0.1) is 0 Å². The summed E-state index contributed by atoms with van der Waals surface area (Å²) in [6, 6.07) is 0. The van der Waals surface area contributed by atoms with Crippen LogP contribution in [-0.4, -0.2) is 55.0 Å². The van der Waals surface area contributed by atoms with Crippen LogP contribution in [0.15, 0.2) is 0 Å². The molecule has 0 bridgehead atoms. The van der Waals surface area contributed by atoms with E-state index in [9.17, 15) is 5.11 Å². The number of likely N-dealkylation sites (N-methyl/N-ethyl adjacent to an activating group) is 1. The Kier molecular flexibility index (Phi) is 5.69. The van der Waals surface area contributed by atoms with Gasteiger partial charge < -0.3 is 20.5 Å². The van der Waals surface area contributed by atoms with Crippen molar-refractivity contribution in [2.24, 2.45) is 5.73 Å². The summed E-state index contributed by atoms with van der Waals surface area (Å²) in [5.41, 5.74) is 5.16. The molecule has 1 aliphatic rings. The average molecular weight is 230 g/mol.